The molecule has 4 N–H and O–H groups in total. The molecule has 9 heteroatoms. The van der Waals surface area contributed by atoms with E-state index in [-0.39, 0.29) is 33.7 Å². The van der Waals surface area contributed by atoms with E-state index in [0.29, 0.717) is 6.54 Å². The number of unbranched alkanes of at least 4 members (excludes halogenated alkanes) is 3. The Morgan fingerprint density at radius 2 is 1.89 bits per heavy atom. The van der Waals surface area contributed by atoms with Gasteiger partial charge >= 0.3 is 11.9 Å². The van der Waals surface area contributed by atoms with Crippen molar-refractivity contribution < 1.29 is 34.2 Å². The molecule has 1 amide bonds. The second-order valence-electron chi connectivity index (χ2n) is 6.69. The third-order valence-electron chi connectivity index (χ3n) is 4.39. The fraction of sp³-hybridized carbons (Fsp3) is 0.368. The molecule has 28 heavy (non-hydrogen) atoms. The van der Waals surface area contributed by atoms with Crippen molar-refractivity contribution in [3.05, 3.63) is 41.3 Å². The van der Waals surface area contributed by atoms with Gasteiger partial charge in [-0.05, 0) is 31.0 Å². The number of aromatic carboxylic acids is 1. The normalized spacial score (nSPS) is 18.0. The number of amides is 1. The molecule has 0 bridgehead atoms. The largest absolute Gasteiger partial charge is 0.507 e. The minimum Gasteiger partial charge on any atom is -0.507 e. The number of phenolic OH excluding ortho intramolecular Hbond substituents is 1. The van der Waals surface area contributed by atoms with E-state index >= 15 is 0 Å². The first-order valence-electron chi connectivity index (χ1n) is 9.00. The van der Waals surface area contributed by atoms with Crippen LogP contribution in [0.1, 0.15) is 53.3 Å². The maximum absolute atomic E-state index is 12.4. The van der Waals surface area contributed by atoms with E-state index in [1.165, 1.54) is 12.4 Å². The second-order valence-corrected chi connectivity index (χ2v) is 6.69. The highest BCUT2D eigenvalue weighted by Crippen LogP contribution is 2.21. The number of benzene rings is 1. The lowest BCUT2D eigenvalue weighted by Gasteiger charge is -2.25. The number of aliphatic carboxylic acids is 1. The third kappa shape index (κ3) is 5.40. The summed E-state index contributed by atoms with van der Waals surface area (Å²) in [6.45, 7) is 2.42. The van der Waals surface area contributed by atoms with Gasteiger partial charge in [-0.15, -0.1) is 0 Å². The lowest BCUT2D eigenvalue weighted by molar-refractivity contribution is -0.771. The van der Waals surface area contributed by atoms with Crippen LogP contribution in [0.5, 0.6) is 5.75 Å². The van der Waals surface area contributed by atoms with Crippen molar-refractivity contribution in [2.45, 2.75) is 32.6 Å². The minimum absolute atomic E-state index is 0.0180. The molecule has 0 aliphatic carbocycles. The van der Waals surface area contributed by atoms with Gasteiger partial charge in [0.05, 0.1) is 17.7 Å². The minimum atomic E-state index is -1.23. The van der Waals surface area contributed by atoms with E-state index in [4.69, 9.17) is 5.11 Å². The molecule has 150 valence electrons. The molecule has 0 spiro atoms. The topological polar surface area (TPSA) is 136 Å². The van der Waals surface area contributed by atoms with Crippen LogP contribution >= 0.6 is 0 Å². The standard InChI is InChI=1S/C19H23N3O6/c1-2-3-4-5-8-22(11-17(24)25)10-16(20-12-22)21-18(26)14-9-13(19(27)28)6-7-15(14)23/h6-7,9-10,12H,2-5,8,11H2,1H3,(H3-,21,23,24,25,26,27,28)/p+1. The molecular formula is C19H24N3O6+. The Morgan fingerprint density at radius 1 is 1.14 bits per heavy atom. The van der Waals surface area contributed by atoms with E-state index in [0.717, 1.165) is 37.8 Å². The summed E-state index contributed by atoms with van der Waals surface area (Å²) in [5.41, 5.74) is -0.346. The maximum atomic E-state index is 12.4. The van der Waals surface area contributed by atoms with Crippen LogP contribution in [-0.4, -0.2) is 57.1 Å². The van der Waals surface area contributed by atoms with E-state index in [2.05, 4.69) is 17.2 Å². The summed E-state index contributed by atoms with van der Waals surface area (Å²) in [5.74, 6) is -3.16. The Bertz CT molecular complexity index is 833. The number of nitrogens with zero attached hydrogens (tertiary/aromatic N) is 2. The van der Waals surface area contributed by atoms with Crippen LogP contribution in [0.2, 0.25) is 0 Å². The number of carboxylic acid groups (broad SMARTS) is 2. The molecule has 1 unspecified atom stereocenters. The van der Waals surface area contributed by atoms with Gasteiger partial charge in [0, 0.05) is 0 Å². The Balaban J connectivity index is 2.16. The van der Waals surface area contributed by atoms with Crippen LogP contribution in [0.3, 0.4) is 0 Å². The Hall–Kier alpha value is -3.20. The number of hydrogen-bond acceptors (Lipinski definition) is 5. The molecule has 1 aromatic rings. The monoisotopic (exact) mass is 390 g/mol. The van der Waals surface area contributed by atoms with Gasteiger partial charge in [0.15, 0.2) is 18.7 Å². The molecule has 0 aromatic heterocycles. The van der Waals surface area contributed by atoms with E-state index in [9.17, 15) is 24.6 Å². The van der Waals surface area contributed by atoms with Crippen molar-refractivity contribution >= 4 is 24.2 Å². The first-order chi connectivity index (χ1) is 13.3. The zero-order valence-corrected chi connectivity index (χ0v) is 15.6. The molecule has 1 aromatic carbocycles. The van der Waals surface area contributed by atoms with Crippen LogP contribution in [0.4, 0.5) is 0 Å². The van der Waals surface area contributed by atoms with Crippen LogP contribution in [0, 0.1) is 0 Å². The van der Waals surface area contributed by atoms with Crippen LogP contribution in [0.25, 0.3) is 0 Å². The number of carbonyl (C=O) groups excluding carboxylic acids is 1. The maximum Gasteiger partial charge on any atom is 0.360 e. The summed E-state index contributed by atoms with van der Waals surface area (Å²) < 4.78 is -0.0180. The smallest absolute Gasteiger partial charge is 0.360 e. The van der Waals surface area contributed by atoms with Gasteiger partial charge in [0.25, 0.3) is 5.91 Å². The van der Waals surface area contributed by atoms with Gasteiger partial charge in [-0.2, -0.15) is 4.99 Å². The van der Waals surface area contributed by atoms with Crippen molar-refractivity contribution in [3.63, 3.8) is 0 Å². The molecular weight excluding hydrogens is 366 g/mol. The van der Waals surface area contributed by atoms with Gasteiger partial charge in [-0.3, -0.25) is 4.79 Å². The zero-order valence-electron chi connectivity index (χ0n) is 15.6. The van der Waals surface area contributed by atoms with Crippen molar-refractivity contribution in [2.75, 3.05) is 13.1 Å². The highest BCUT2D eigenvalue weighted by Gasteiger charge is 2.32. The molecule has 1 atom stereocenters. The Morgan fingerprint density at radius 3 is 2.54 bits per heavy atom. The van der Waals surface area contributed by atoms with Crippen molar-refractivity contribution in [1.29, 1.82) is 0 Å². The third-order valence-corrected chi connectivity index (χ3v) is 4.39. The molecule has 9 nitrogen and oxygen atoms in total. The first-order valence-corrected chi connectivity index (χ1v) is 9.00. The SMILES string of the molecule is CCCCCC[N+]1(CC(=O)O)C=NC(NC(=O)c2cc(C(=O)O)ccc2O)=C1. The summed E-state index contributed by atoms with van der Waals surface area (Å²) in [4.78, 5) is 38.9. The fourth-order valence-corrected chi connectivity index (χ4v) is 2.96. The van der Waals surface area contributed by atoms with E-state index in [1.54, 1.807) is 6.20 Å². The van der Waals surface area contributed by atoms with Crippen molar-refractivity contribution in [2.24, 2.45) is 4.99 Å². The van der Waals surface area contributed by atoms with Gasteiger partial charge in [-0.1, -0.05) is 19.8 Å². The molecule has 0 saturated heterocycles. The molecule has 1 aliphatic heterocycles. The predicted molar refractivity (Wildman–Crippen MR) is 101 cm³/mol. The number of aromatic hydroxyl groups is 1. The number of rotatable bonds is 10. The Kier molecular flexibility index (Phi) is 6.89. The number of aliphatic imine (C=N–C) groups is 1. The van der Waals surface area contributed by atoms with E-state index in [1.807, 2.05) is 0 Å². The second kappa shape index (κ2) is 9.14. The fourth-order valence-electron chi connectivity index (χ4n) is 2.96. The van der Waals surface area contributed by atoms with Crippen LogP contribution < -0.4 is 5.32 Å². The average Bonchev–Trinajstić information content (AvgIpc) is 3.00. The number of nitrogens with one attached hydrogen (secondary N) is 1. The number of carbonyl (C=O) groups is 3. The Labute approximate surface area is 162 Å². The van der Waals surface area contributed by atoms with Crippen LogP contribution in [0.15, 0.2) is 35.2 Å². The number of carboxylic acids is 2. The summed E-state index contributed by atoms with van der Waals surface area (Å²) in [7, 11) is 0. The van der Waals surface area contributed by atoms with E-state index < -0.39 is 17.8 Å². The molecule has 2 rings (SSSR count). The first kappa shape index (κ1) is 21.1. The summed E-state index contributed by atoms with van der Waals surface area (Å²) >= 11 is 0. The molecule has 1 heterocycles. The lowest BCUT2D eigenvalue weighted by Crippen LogP contribution is -2.45. The van der Waals surface area contributed by atoms with Crippen LogP contribution in [-0.2, 0) is 4.79 Å². The van der Waals surface area contributed by atoms with Gasteiger partial charge in [-0.25, -0.2) is 14.1 Å². The molecule has 0 fully saturated rings. The summed E-state index contributed by atoms with van der Waals surface area (Å²) in [6, 6.07) is 3.38. The number of hydrogen-bond donors (Lipinski definition) is 4. The number of phenols is 1. The zero-order chi connectivity index (χ0) is 20.7. The van der Waals surface area contributed by atoms with Crippen molar-refractivity contribution in [1.82, 2.24) is 5.32 Å². The molecule has 0 saturated carbocycles. The highest BCUT2D eigenvalue weighted by molar-refractivity contribution is 6.00. The highest BCUT2D eigenvalue weighted by atomic mass is 16.4. The van der Waals surface area contributed by atoms with Gasteiger partial charge in [0.1, 0.15) is 11.9 Å². The van der Waals surface area contributed by atoms with Gasteiger partial charge in [0.2, 0.25) is 0 Å². The summed E-state index contributed by atoms with van der Waals surface area (Å²) in [5, 5.41) is 30.6. The predicted octanol–water partition coefficient (Wildman–Crippen LogP) is 2.14. The molecule has 0 radical (unpaired) electrons. The number of quaternary nitrogens is 1. The summed E-state index contributed by atoms with van der Waals surface area (Å²) in [6.07, 6.45) is 6.92. The molecule has 1 aliphatic rings. The quantitative estimate of drug-likeness (QED) is 0.357. The average molecular weight is 390 g/mol. The lowest BCUT2D eigenvalue weighted by atomic mass is 10.1. The van der Waals surface area contributed by atoms with Gasteiger partial charge < -0.3 is 20.6 Å². The van der Waals surface area contributed by atoms with Crippen molar-refractivity contribution in [3.8, 4) is 5.75 Å².